The molecule has 0 radical (unpaired) electrons. The van der Waals surface area contributed by atoms with Gasteiger partial charge >= 0.3 is 11.9 Å². The molecule has 0 bridgehead atoms. The molecule has 0 fully saturated rings. The summed E-state index contributed by atoms with van der Waals surface area (Å²) in [6.07, 6.45) is -1.23. The number of ether oxygens (including phenoxy) is 1. The van der Waals surface area contributed by atoms with Gasteiger partial charge < -0.3 is 20.7 Å². The average Bonchev–Trinajstić information content (AvgIpc) is 2.03. The van der Waals surface area contributed by atoms with Crippen LogP contribution in [0, 0.1) is 0 Å². The third-order valence-electron chi connectivity index (χ3n) is 0.930. The maximum atomic E-state index is 10.2. The predicted molar refractivity (Wildman–Crippen MR) is 45.0 cm³/mol. The van der Waals surface area contributed by atoms with Gasteiger partial charge in [0.25, 0.3) is 0 Å². The molecule has 4 N–H and O–H groups in total. The van der Waals surface area contributed by atoms with Crippen LogP contribution in [-0.2, 0) is 14.3 Å². The highest BCUT2D eigenvalue weighted by Crippen LogP contribution is 1.76. The van der Waals surface area contributed by atoms with Crippen molar-refractivity contribution in [3.8, 4) is 0 Å². The van der Waals surface area contributed by atoms with E-state index in [4.69, 9.17) is 15.9 Å². The molecule has 6 heteroatoms. The first-order valence-corrected chi connectivity index (χ1v) is 3.57. The van der Waals surface area contributed by atoms with Crippen LogP contribution in [0.3, 0.4) is 0 Å². The lowest BCUT2D eigenvalue weighted by atomic mass is 10.4. The fourth-order valence-corrected chi connectivity index (χ4v) is 0.186. The number of hydrogen-bond donors (Lipinski definition) is 3. The molecule has 0 rings (SSSR count). The molecule has 13 heavy (non-hydrogen) atoms. The lowest BCUT2D eigenvalue weighted by Gasteiger charge is -1.98. The van der Waals surface area contributed by atoms with E-state index >= 15 is 0 Å². The van der Waals surface area contributed by atoms with Gasteiger partial charge in [0.2, 0.25) is 0 Å². The minimum Gasteiger partial charge on any atom is -0.479 e. The molecular weight excluding hydrogens is 178 g/mol. The molecule has 78 valence electrons. The Morgan fingerprint density at radius 1 is 1.38 bits per heavy atom. The van der Waals surface area contributed by atoms with Crippen LogP contribution in [-0.4, -0.2) is 41.4 Å². The number of nitrogens with two attached hydrogens (primary N) is 1. The van der Waals surface area contributed by atoms with E-state index in [-0.39, 0.29) is 5.97 Å². The van der Waals surface area contributed by atoms with Gasteiger partial charge in [-0.15, -0.1) is 0 Å². The van der Waals surface area contributed by atoms with E-state index in [1.165, 1.54) is 14.0 Å². The Labute approximate surface area is 76.3 Å². The van der Waals surface area contributed by atoms with Crippen molar-refractivity contribution in [3.63, 3.8) is 0 Å². The van der Waals surface area contributed by atoms with Crippen molar-refractivity contribution in [2.24, 2.45) is 5.73 Å². The third kappa shape index (κ3) is 10.9. The van der Waals surface area contributed by atoms with Gasteiger partial charge in [-0.3, -0.25) is 4.79 Å². The van der Waals surface area contributed by atoms with Crippen molar-refractivity contribution >= 4 is 11.9 Å². The summed E-state index contributed by atoms with van der Waals surface area (Å²) in [7, 11) is 1.31. The summed E-state index contributed by atoms with van der Waals surface area (Å²) < 4.78 is 4.25. The number of carboxylic acid groups (broad SMARTS) is 1. The number of methoxy groups -OCH3 is 1. The number of aliphatic hydroxyl groups is 1. The van der Waals surface area contributed by atoms with E-state index in [1.54, 1.807) is 6.92 Å². The van der Waals surface area contributed by atoms with E-state index in [9.17, 15) is 9.59 Å². The number of aliphatic carboxylic acids is 1. The van der Waals surface area contributed by atoms with E-state index in [2.05, 4.69) is 4.74 Å². The number of carbonyl (C=O) groups is 2. The molecular formula is C7H15NO5. The van der Waals surface area contributed by atoms with Gasteiger partial charge in [0.15, 0.2) is 0 Å². The molecule has 0 aliphatic heterocycles. The number of carbonyl (C=O) groups excluding carboxylic acids is 1. The number of esters is 1. The summed E-state index contributed by atoms with van der Waals surface area (Å²) in [5.74, 6) is -1.56. The maximum absolute atomic E-state index is 10.2. The monoisotopic (exact) mass is 193 g/mol. The van der Waals surface area contributed by atoms with Gasteiger partial charge in [-0.2, -0.15) is 0 Å². The molecule has 0 saturated heterocycles. The zero-order valence-electron chi connectivity index (χ0n) is 7.85. The Hall–Kier alpha value is -1.14. The minimum atomic E-state index is -1.23. The van der Waals surface area contributed by atoms with Crippen molar-refractivity contribution in [1.82, 2.24) is 0 Å². The number of carboxylic acids is 1. The fourth-order valence-electron chi connectivity index (χ4n) is 0.186. The number of aliphatic hydroxyl groups excluding tert-OH is 1. The van der Waals surface area contributed by atoms with Crippen LogP contribution in [0.1, 0.15) is 13.8 Å². The molecule has 0 aliphatic rings. The lowest BCUT2D eigenvalue weighted by molar-refractivity contribution is -0.145. The van der Waals surface area contributed by atoms with Crippen LogP contribution in [0.15, 0.2) is 0 Å². The predicted octanol–water partition coefficient (Wildman–Crippen LogP) is -1.04. The quantitative estimate of drug-likeness (QED) is 0.483. The zero-order chi connectivity index (χ0) is 11.0. The number of rotatable bonds is 2. The summed E-state index contributed by atoms with van der Waals surface area (Å²) in [6, 6.07) is -0.495. The first-order chi connectivity index (χ1) is 5.82. The SMILES string of the molecule is CC(O)C(=O)O.COC(=O)[C@H](C)N. The highest BCUT2D eigenvalue weighted by molar-refractivity contribution is 5.74. The molecule has 0 aromatic heterocycles. The molecule has 0 aromatic carbocycles. The fraction of sp³-hybridized carbons (Fsp3) is 0.714. The highest BCUT2D eigenvalue weighted by Gasteiger charge is 2.03. The van der Waals surface area contributed by atoms with Crippen molar-refractivity contribution in [2.45, 2.75) is 26.0 Å². The van der Waals surface area contributed by atoms with Gasteiger partial charge in [-0.25, -0.2) is 4.79 Å². The van der Waals surface area contributed by atoms with E-state index < -0.39 is 18.1 Å². The van der Waals surface area contributed by atoms with Crippen LogP contribution in [0.2, 0.25) is 0 Å². The first kappa shape index (κ1) is 14.4. The molecule has 0 amide bonds. The van der Waals surface area contributed by atoms with Gasteiger partial charge in [0, 0.05) is 0 Å². The van der Waals surface area contributed by atoms with Crippen molar-refractivity contribution < 1.29 is 24.5 Å². The Bertz CT molecular complexity index is 166. The van der Waals surface area contributed by atoms with Crippen molar-refractivity contribution in [2.75, 3.05) is 7.11 Å². The van der Waals surface area contributed by atoms with Crippen LogP contribution in [0.4, 0.5) is 0 Å². The zero-order valence-corrected chi connectivity index (χ0v) is 7.85. The van der Waals surface area contributed by atoms with Gasteiger partial charge in [-0.05, 0) is 13.8 Å². The minimum absolute atomic E-state index is 0.375. The summed E-state index contributed by atoms with van der Waals surface area (Å²) >= 11 is 0. The molecule has 0 spiro atoms. The van der Waals surface area contributed by atoms with Gasteiger partial charge in [0.05, 0.1) is 7.11 Å². The number of hydrogen-bond acceptors (Lipinski definition) is 5. The van der Waals surface area contributed by atoms with E-state index in [0.717, 1.165) is 0 Å². The van der Waals surface area contributed by atoms with Crippen LogP contribution in [0.25, 0.3) is 0 Å². The second kappa shape index (κ2) is 7.51. The standard InChI is InChI=1S/C4H9NO2.C3H6O3/c1-3(5)4(6)7-2;1-2(4)3(5)6/h3H,5H2,1-2H3;2,4H,1H3,(H,5,6)/t3-;/m0./s1. The van der Waals surface area contributed by atoms with Crippen LogP contribution < -0.4 is 5.73 Å². The Morgan fingerprint density at radius 2 is 1.69 bits per heavy atom. The second-order valence-electron chi connectivity index (χ2n) is 2.33. The largest absolute Gasteiger partial charge is 0.479 e. The Kier molecular flexibility index (Phi) is 8.31. The summed E-state index contributed by atoms with van der Waals surface area (Å²) in [5.41, 5.74) is 5.07. The molecule has 2 atom stereocenters. The topological polar surface area (TPSA) is 110 Å². The summed E-state index contributed by atoms with van der Waals surface area (Å²) in [4.78, 5) is 19.6. The van der Waals surface area contributed by atoms with Gasteiger partial charge in [-0.1, -0.05) is 0 Å². The third-order valence-corrected chi connectivity index (χ3v) is 0.930. The molecule has 0 aromatic rings. The molecule has 0 heterocycles. The molecule has 0 saturated carbocycles. The molecule has 1 unspecified atom stereocenters. The maximum Gasteiger partial charge on any atom is 0.332 e. The highest BCUT2D eigenvalue weighted by atomic mass is 16.5. The van der Waals surface area contributed by atoms with Gasteiger partial charge in [0.1, 0.15) is 12.1 Å². The first-order valence-electron chi connectivity index (χ1n) is 3.57. The van der Waals surface area contributed by atoms with Crippen molar-refractivity contribution in [3.05, 3.63) is 0 Å². The van der Waals surface area contributed by atoms with Crippen LogP contribution in [0.5, 0.6) is 0 Å². The smallest absolute Gasteiger partial charge is 0.332 e. The van der Waals surface area contributed by atoms with E-state index in [0.29, 0.717) is 0 Å². The second-order valence-corrected chi connectivity index (χ2v) is 2.33. The average molecular weight is 193 g/mol. The summed E-state index contributed by atoms with van der Waals surface area (Å²) in [5, 5.41) is 15.8. The lowest BCUT2D eigenvalue weighted by Crippen LogP contribution is -2.27. The Morgan fingerprint density at radius 3 is 1.69 bits per heavy atom. The van der Waals surface area contributed by atoms with E-state index in [1.807, 2.05) is 0 Å². The molecule has 6 nitrogen and oxygen atoms in total. The summed E-state index contributed by atoms with van der Waals surface area (Å²) in [6.45, 7) is 2.77. The normalized spacial score (nSPS) is 13.3. The van der Waals surface area contributed by atoms with Crippen molar-refractivity contribution in [1.29, 1.82) is 0 Å². The Balaban J connectivity index is 0. The van der Waals surface area contributed by atoms with Crippen LogP contribution >= 0.6 is 0 Å². The molecule has 0 aliphatic carbocycles.